The highest BCUT2D eigenvalue weighted by atomic mass is 35.5. The Bertz CT molecular complexity index is 388. The van der Waals surface area contributed by atoms with Crippen molar-refractivity contribution in [1.82, 2.24) is 9.97 Å². The van der Waals surface area contributed by atoms with Crippen molar-refractivity contribution < 1.29 is 9.53 Å². The van der Waals surface area contributed by atoms with Crippen LogP contribution in [0.2, 0.25) is 0 Å². The Balaban J connectivity index is 0.00000225. The summed E-state index contributed by atoms with van der Waals surface area (Å²) in [5, 5.41) is 0. The number of nitrogen functional groups attached to an aromatic ring is 1. The maximum absolute atomic E-state index is 11.3. The monoisotopic (exact) mass is 245 g/mol. The summed E-state index contributed by atoms with van der Waals surface area (Å²) in [6, 6.07) is 0. The number of esters is 1. The van der Waals surface area contributed by atoms with E-state index in [9.17, 15) is 4.79 Å². The molecule has 2 N–H and O–H groups in total. The summed E-state index contributed by atoms with van der Waals surface area (Å²) in [7, 11) is 1.29. The van der Waals surface area contributed by atoms with Crippen molar-refractivity contribution in [1.29, 1.82) is 0 Å². The van der Waals surface area contributed by atoms with Gasteiger partial charge in [0, 0.05) is 5.41 Å². The number of rotatable bonds is 1. The zero-order valence-corrected chi connectivity index (χ0v) is 10.6. The third-order valence-electron chi connectivity index (χ3n) is 1.87. The number of hydrogen-bond acceptors (Lipinski definition) is 5. The maximum Gasteiger partial charge on any atom is 0.358 e. The summed E-state index contributed by atoms with van der Waals surface area (Å²) < 4.78 is 4.58. The molecule has 1 heterocycles. The highest BCUT2D eigenvalue weighted by Gasteiger charge is 2.21. The summed E-state index contributed by atoms with van der Waals surface area (Å²) in [6.07, 6.45) is 1.43. The number of methoxy groups -OCH3 is 1. The second-order valence-electron chi connectivity index (χ2n) is 4.24. The Kier molecular flexibility index (Phi) is 4.68. The van der Waals surface area contributed by atoms with Crippen LogP contribution >= 0.6 is 12.4 Å². The minimum Gasteiger partial charge on any atom is -0.464 e. The molecule has 0 aliphatic carbocycles. The zero-order valence-electron chi connectivity index (χ0n) is 9.77. The highest BCUT2D eigenvalue weighted by Crippen LogP contribution is 2.20. The van der Waals surface area contributed by atoms with Gasteiger partial charge >= 0.3 is 5.97 Å². The normalized spacial score (nSPS) is 10.5. The first kappa shape index (κ1) is 14.6. The van der Waals surface area contributed by atoms with Gasteiger partial charge in [-0.3, -0.25) is 0 Å². The third kappa shape index (κ3) is 3.06. The van der Waals surface area contributed by atoms with Crippen molar-refractivity contribution in [3.05, 3.63) is 17.7 Å². The summed E-state index contributed by atoms with van der Waals surface area (Å²) in [5.41, 5.74) is 5.71. The van der Waals surface area contributed by atoms with E-state index in [1.165, 1.54) is 13.3 Å². The molecule has 0 fully saturated rings. The van der Waals surface area contributed by atoms with Crippen LogP contribution in [-0.4, -0.2) is 23.0 Å². The van der Waals surface area contributed by atoms with Crippen LogP contribution in [0.5, 0.6) is 0 Å². The Morgan fingerprint density at radius 1 is 1.44 bits per heavy atom. The molecule has 0 aliphatic rings. The van der Waals surface area contributed by atoms with Crippen molar-refractivity contribution in [3.8, 4) is 0 Å². The molecule has 1 rings (SSSR count). The molecule has 0 bridgehead atoms. The number of hydrogen-bond donors (Lipinski definition) is 1. The fourth-order valence-electron chi connectivity index (χ4n) is 1.01. The number of nitrogens with zero attached hydrogens (tertiary/aromatic N) is 2. The van der Waals surface area contributed by atoms with Crippen LogP contribution in [0.1, 0.15) is 37.1 Å². The first-order valence-corrected chi connectivity index (χ1v) is 4.57. The van der Waals surface area contributed by atoms with Crippen molar-refractivity contribution in [2.45, 2.75) is 26.2 Å². The average molecular weight is 246 g/mol. The van der Waals surface area contributed by atoms with E-state index in [4.69, 9.17) is 5.73 Å². The molecular weight excluding hydrogens is 230 g/mol. The van der Waals surface area contributed by atoms with Crippen LogP contribution in [0.15, 0.2) is 6.20 Å². The number of halogens is 1. The van der Waals surface area contributed by atoms with Gasteiger partial charge in [0.2, 0.25) is 0 Å². The van der Waals surface area contributed by atoms with Crippen LogP contribution in [0.3, 0.4) is 0 Å². The topological polar surface area (TPSA) is 78.1 Å². The summed E-state index contributed by atoms with van der Waals surface area (Å²) in [5.74, 6) is 0.0255. The number of carbonyl (C=O) groups excluding carboxylic acids is 1. The Morgan fingerprint density at radius 2 is 2.00 bits per heavy atom. The van der Waals surface area contributed by atoms with E-state index in [1.807, 2.05) is 20.8 Å². The van der Waals surface area contributed by atoms with Gasteiger partial charge in [0.1, 0.15) is 5.82 Å². The van der Waals surface area contributed by atoms with Crippen LogP contribution < -0.4 is 5.73 Å². The van der Waals surface area contributed by atoms with Crippen LogP contribution in [0.25, 0.3) is 0 Å². The number of ether oxygens (including phenoxy) is 1. The highest BCUT2D eigenvalue weighted by molar-refractivity contribution is 5.92. The van der Waals surface area contributed by atoms with E-state index in [0.29, 0.717) is 5.82 Å². The largest absolute Gasteiger partial charge is 0.464 e. The van der Waals surface area contributed by atoms with Gasteiger partial charge in [-0.1, -0.05) is 20.8 Å². The van der Waals surface area contributed by atoms with Crippen molar-refractivity contribution in [3.63, 3.8) is 0 Å². The standard InChI is InChI=1S/C10H15N3O2.ClH/c1-10(2,3)9-12-5-6(11)7(13-9)8(14)15-4;/h5H,11H2,1-4H3;1H. The lowest BCUT2D eigenvalue weighted by atomic mass is 9.95. The Labute approximate surface area is 101 Å². The SMILES string of the molecule is COC(=O)c1nc(C(C)(C)C)ncc1N.Cl. The van der Waals surface area contributed by atoms with Gasteiger partial charge in [-0.25, -0.2) is 14.8 Å². The molecule has 0 saturated carbocycles. The van der Waals surface area contributed by atoms with Crippen molar-refractivity contribution in [2.24, 2.45) is 0 Å². The maximum atomic E-state index is 11.3. The zero-order chi connectivity index (χ0) is 11.6. The molecule has 0 amide bonds. The van der Waals surface area contributed by atoms with Gasteiger partial charge in [0.25, 0.3) is 0 Å². The Morgan fingerprint density at radius 3 is 2.44 bits per heavy atom. The van der Waals surface area contributed by atoms with Crippen LogP contribution in [-0.2, 0) is 10.2 Å². The van der Waals surface area contributed by atoms with Gasteiger partial charge in [-0.15, -0.1) is 12.4 Å². The molecule has 0 aliphatic heterocycles. The predicted octanol–water partition coefficient (Wildman–Crippen LogP) is 1.56. The fraction of sp³-hybridized carbons (Fsp3) is 0.500. The van der Waals surface area contributed by atoms with Crippen LogP contribution in [0.4, 0.5) is 5.69 Å². The van der Waals surface area contributed by atoms with Crippen molar-refractivity contribution >= 4 is 24.1 Å². The predicted molar refractivity (Wildman–Crippen MR) is 63.7 cm³/mol. The van der Waals surface area contributed by atoms with E-state index in [2.05, 4.69) is 14.7 Å². The van der Waals surface area contributed by atoms with Crippen molar-refractivity contribution in [2.75, 3.05) is 12.8 Å². The van der Waals surface area contributed by atoms with Gasteiger partial charge in [-0.2, -0.15) is 0 Å². The van der Waals surface area contributed by atoms with Gasteiger partial charge < -0.3 is 10.5 Å². The van der Waals surface area contributed by atoms with E-state index in [0.717, 1.165) is 0 Å². The lowest BCUT2D eigenvalue weighted by Crippen LogP contribution is -2.19. The Hall–Kier alpha value is -1.36. The van der Waals surface area contributed by atoms with Crippen LogP contribution in [0, 0.1) is 0 Å². The number of anilines is 1. The molecule has 0 unspecified atom stereocenters. The summed E-state index contributed by atoms with van der Waals surface area (Å²) in [6.45, 7) is 5.87. The number of aromatic nitrogens is 2. The molecular formula is C10H16ClN3O2. The molecule has 6 heteroatoms. The van der Waals surface area contributed by atoms with Gasteiger partial charge in [-0.05, 0) is 0 Å². The van der Waals surface area contributed by atoms with E-state index in [1.54, 1.807) is 0 Å². The quantitative estimate of drug-likeness (QED) is 0.760. The lowest BCUT2D eigenvalue weighted by Gasteiger charge is -2.17. The van der Waals surface area contributed by atoms with E-state index >= 15 is 0 Å². The first-order chi connectivity index (χ1) is 6.86. The second-order valence-corrected chi connectivity index (χ2v) is 4.24. The van der Waals surface area contributed by atoms with E-state index < -0.39 is 5.97 Å². The summed E-state index contributed by atoms with van der Waals surface area (Å²) >= 11 is 0. The van der Waals surface area contributed by atoms with Gasteiger partial charge in [0.05, 0.1) is 19.0 Å². The molecule has 16 heavy (non-hydrogen) atoms. The molecule has 1 aromatic rings. The second kappa shape index (κ2) is 5.12. The number of carbonyl (C=O) groups is 1. The molecule has 0 radical (unpaired) electrons. The lowest BCUT2D eigenvalue weighted by molar-refractivity contribution is 0.0594. The number of nitrogens with two attached hydrogens (primary N) is 1. The van der Waals surface area contributed by atoms with E-state index in [-0.39, 0.29) is 29.2 Å². The first-order valence-electron chi connectivity index (χ1n) is 4.57. The molecule has 0 aromatic carbocycles. The molecule has 90 valence electrons. The minimum atomic E-state index is -0.541. The smallest absolute Gasteiger partial charge is 0.358 e. The molecule has 1 aromatic heterocycles. The molecule has 0 saturated heterocycles. The summed E-state index contributed by atoms with van der Waals surface area (Å²) in [4.78, 5) is 19.5. The fourth-order valence-corrected chi connectivity index (χ4v) is 1.01. The molecule has 0 atom stereocenters. The third-order valence-corrected chi connectivity index (χ3v) is 1.87. The molecule has 5 nitrogen and oxygen atoms in total. The average Bonchev–Trinajstić information content (AvgIpc) is 2.15. The van der Waals surface area contributed by atoms with Gasteiger partial charge in [0.15, 0.2) is 5.69 Å². The molecule has 0 spiro atoms. The minimum absolute atomic E-state index is 0.